The number of aliphatic hydroxyl groups excluding tert-OH is 1. The lowest BCUT2D eigenvalue weighted by molar-refractivity contribution is -0.128. The summed E-state index contributed by atoms with van der Waals surface area (Å²) in [5.41, 5.74) is 2.31. The lowest BCUT2D eigenvalue weighted by Crippen LogP contribution is -2.32. The summed E-state index contributed by atoms with van der Waals surface area (Å²) >= 11 is 0. The van der Waals surface area contributed by atoms with Crippen LogP contribution < -0.4 is 0 Å². The van der Waals surface area contributed by atoms with Gasteiger partial charge < -0.3 is 5.11 Å². The van der Waals surface area contributed by atoms with E-state index in [4.69, 9.17) is 0 Å². The van der Waals surface area contributed by atoms with E-state index in [1.807, 2.05) is 26.8 Å². The molecule has 0 amide bonds. The molecule has 0 saturated heterocycles. The summed E-state index contributed by atoms with van der Waals surface area (Å²) in [6.07, 6.45) is 4.23. The topological polar surface area (TPSA) is 37.3 Å². The van der Waals surface area contributed by atoms with Crippen molar-refractivity contribution < 1.29 is 9.90 Å². The van der Waals surface area contributed by atoms with Gasteiger partial charge in [-0.1, -0.05) is 30.7 Å². The maximum Gasteiger partial charge on any atom is 0.145 e. The van der Waals surface area contributed by atoms with E-state index in [-0.39, 0.29) is 23.5 Å². The fourth-order valence-electron chi connectivity index (χ4n) is 3.56. The van der Waals surface area contributed by atoms with Gasteiger partial charge in [0.05, 0.1) is 12.0 Å². The molecule has 2 nitrogen and oxygen atoms in total. The third-order valence-corrected chi connectivity index (χ3v) is 4.56. The number of fused-ring (bicyclic) bond motifs is 2. The first-order valence-electron chi connectivity index (χ1n) is 6.93. The van der Waals surface area contributed by atoms with Crippen molar-refractivity contribution in [3.8, 4) is 0 Å². The lowest BCUT2D eigenvalue weighted by Gasteiger charge is -2.32. The van der Waals surface area contributed by atoms with Gasteiger partial charge >= 0.3 is 0 Å². The first-order chi connectivity index (χ1) is 8.40. The normalized spacial score (nSPS) is 40.3. The predicted octanol–water partition coefficient (Wildman–Crippen LogP) is 3.12. The molecule has 100 valence electrons. The average Bonchev–Trinajstić information content (AvgIpc) is 2.36. The molecule has 2 fully saturated rings. The van der Waals surface area contributed by atoms with Gasteiger partial charge in [0.25, 0.3) is 0 Å². The molecule has 0 aromatic heterocycles. The number of hydrogen-bond donors (Lipinski definition) is 1. The van der Waals surface area contributed by atoms with Crippen molar-refractivity contribution >= 4 is 5.78 Å². The van der Waals surface area contributed by atoms with Crippen LogP contribution in [0.5, 0.6) is 0 Å². The van der Waals surface area contributed by atoms with Crippen molar-refractivity contribution in [2.24, 2.45) is 23.7 Å². The van der Waals surface area contributed by atoms with E-state index < -0.39 is 6.10 Å². The van der Waals surface area contributed by atoms with Crippen LogP contribution in [-0.2, 0) is 4.79 Å². The van der Waals surface area contributed by atoms with Gasteiger partial charge in [0.1, 0.15) is 5.78 Å². The Balaban J connectivity index is 2.35. The SMILES string of the molecule is C=C1CC2C[C@@H](C1)[C@H](C)C(=O)[C@H](C=C(C)C)[C@@H]2O. The molecule has 2 aliphatic rings. The van der Waals surface area contributed by atoms with Crippen LogP contribution in [0.25, 0.3) is 0 Å². The molecule has 5 atom stereocenters. The predicted molar refractivity (Wildman–Crippen MR) is 73.1 cm³/mol. The highest BCUT2D eigenvalue weighted by Gasteiger charge is 2.43. The van der Waals surface area contributed by atoms with E-state index in [2.05, 4.69) is 6.58 Å². The summed E-state index contributed by atoms with van der Waals surface area (Å²) in [6, 6.07) is 0. The highest BCUT2D eigenvalue weighted by molar-refractivity contribution is 5.86. The zero-order valence-corrected chi connectivity index (χ0v) is 11.6. The van der Waals surface area contributed by atoms with E-state index in [0.29, 0.717) is 5.92 Å². The van der Waals surface area contributed by atoms with E-state index in [1.54, 1.807) is 0 Å². The van der Waals surface area contributed by atoms with Crippen LogP contribution in [0.4, 0.5) is 0 Å². The van der Waals surface area contributed by atoms with Crippen LogP contribution in [0, 0.1) is 23.7 Å². The summed E-state index contributed by atoms with van der Waals surface area (Å²) in [5.74, 6) is 0.541. The molecule has 0 aromatic carbocycles. The molecular formula is C16H24O2. The highest BCUT2D eigenvalue weighted by Crippen LogP contribution is 2.44. The van der Waals surface area contributed by atoms with Crippen molar-refractivity contribution in [3.63, 3.8) is 0 Å². The summed E-state index contributed by atoms with van der Waals surface area (Å²) in [7, 11) is 0. The van der Waals surface area contributed by atoms with Crippen molar-refractivity contribution in [2.45, 2.75) is 46.1 Å². The van der Waals surface area contributed by atoms with E-state index >= 15 is 0 Å². The van der Waals surface area contributed by atoms with Gasteiger partial charge in [-0.15, -0.1) is 0 Å². The lowest BCUT2D eigenvalue weighted by atomic mass is 9.74. The Labute approximate surface area is 110 Å². The van der Waals surface area contributed by atoms with E-state index in [9.17, 15) is 9.90 Å². The van der Waals surface area contributed by atoms with Gasteiger partial charge in [0, 0.05) is 5.92 Å². The molecule has 2 rings (SSSR count). The van der Waals surface area contributed by atoms with Crippen LogP contribution in [0.1, 0.15) is 40.0 Å². The summed E-state index contributed by atoms with van der Waals surface area (Å²) < 4.78 is 0. The fourth-order valence-corrected chi connectivity index (χ4v) is 3.56. The van der Waals surface area contributed by atoms with Gasteiger partial charge in [-0.2, -0.15) is 0 Å². The number of aliphatic hydroxyl groups is 1. The summed E-state index contributed by atoms with van der Waals surface area (Å²) in [5, 5.41) is 10.5. The highest BCUT2D eigenvalue weighted by atomic mass is 16.3. The van der Waals surface area contributed by atoms with E-state index in [1.165, 1.54) is 5.57 Å². The molecule has 0 aliphatic heterocycles. The van der Waals surface area contributed by atoms with Crippen molar-refractivity contribution in [2.75, 3.05) is 0 Å². The third kappa shape index (κ3) is 2.44. The second-order valence-electron chi connectivity index (χ2n) is 6.37. The minimum atomic E-state index is -0.531. The second-order valence-corrected chi connectivity index (χ2v) is 6.37. The van der Waals surface area contributed by atoms with Gasteiger partial charge in [-0.05, 0) is 44.9 Å². The molecule has 0 spiro atoms. The molecular weight excluding hydrogens is 224 g/mol. The Hall–Kier alpha value is -0.890. The Morgan fingerprint density at radius 3 is 2.56 bits per heavy atom. The minimum absolute atomic E-state index is 0.0438. The largest absolute Gasteiger partial charge is 0.392 e. The number of ketones is 1. The molecule has 1 N–H and O–H groups in total. The number of hydrogen-bond acceptors (Lipinski definition) is 2. The van der Waals surface area contributed by atoms with E-state index in [0.717, 1.165) is 24.8 Å². The number of rotatable bonds is 1. The standard InChI is InChI=1S/C16H24O2/c1-9(2)5-14-15(17)11(4)12-6-10(3)7-13(8-12)16(14)18/h5,11-14,16,18H,3,6-8H2,1-2,4H3/t11-,12+,13?,14-,16+/m0/s1. The third-order valence-electron chi connectivity index (χ3n) is 4.56. The monoisotopic (exact) mass is 248 g/mol. The van der Waals surface area contributed by atoms with Crippen LogP contribution in [-0.4, -0.2) is 17.0 Å². The maximum absolute atomic E-state index is 12.5. The van der Waals surface area contributed by atoms with Crippen molar-refractivity contribution in [1.82, 2.24) is 0 Å². The van der Waals surface area contributed by atoms with Gasteiger partial charge in [-0.3, -0.25) is 4.79 Å². The Morgan fingerprint density at radius 2 is 1.94 bits per heavy atom. The van der Waals surface area contributed by atoms with Gasteiger partial charge in [-0.25, -0.2) is 0 Å². The zero-order valence-electron chi connectivity index (χ0n) is 11.6. The first-order valence-corrected chi connectivity index (χ1v) is 6.93. The van der Waals surface area contributed by atoms with Gasteiger partial charge in [0.2, 0.25) is 0 Å². The van der Waals surface area contributed by atoms with Crippen LogP contribution in [0.15, 0.2) is 23.8 Å². The smallest absolute Gasteiger partial charge is 0.145 e. The molecule has 0 heterocycles. The molecule has 18 heavy (non-hydrogen) atoms. The Morgan fingerprint density at radius 1 is 1.33 bits per heavy atom. The number of allylic oxidation sites excluding steroid dienone is 2. The summed E-state index contributed by atoms with van der Waals surface area (Å²) in [4.78, 5) is 12.5. The molecule has 0 aromatic rings. The minimum Gasteiger partial charge on any atom is -0.392 e. The Bertz CT molecular complexity index is 390. The molecule has 2 heteroatoms. The number of carbonyl (C=O) groups excluding carboxylic acids is 1. The number of carbonyl (C=O) groups is 1. The van der Waals surface area contributed by atoms with Crippen molar-refractivity contribution in [1.29, 1.82) is 0 Å². The Kier molecular flexibility index (Phi) is 3.76. The van der Waals surface area contributed by atoms with Gasteiger partial charge in [0.15, 0.2) is 0 Å². The molecule has 0 radical (unpaired) electrons. The first kappa shape index (κ1) is 13.5. The molecule has 2 saturated carbocycles. The zero-order chi connectivity index (χ0) is 13.4. The quantitative estimate of drug-likeness (QED) is 0.724. The molecule has 2 bridgehead atoms. The van der Waals surface area contributed by atoms with Crippen LogP contribution in [0.2, 0.25) is 0 Å². The molecule has 1 unspecified atom stereocenters. The summed E-state index contributed by atoms with van der Waals surface area (Å²) in [6.45, 7) is 10.1. The van der Waals surface area contributed by atoms with Crippen LogP contribution >= 0.6 is 0 Å². The van der Waals surface area contributed by atoms with Crippen molar-refractivity contribution in [3.05, 3.63) is 23.8 Å². The maximum atomic E-state index is 12.5. The number of Topliss-reactive ketones (excluding diaryl/α,β-unsaturated/α-hetero) is 1. The second kappa shape index (κ2) is 5.00. The van der Waals surface area contributed by atoms with Crippen LogP contribution in [0.3, 0.4) is 0 Å². The molecule has 2 aliphatic carbocycles. The fraction of sp³-hybridized carbons (Fsp3) is 0.688. The average molecular weight is 248 g/mol.